The number of aryl methyl sites for hydroxylation is 2. The van der Waals surface area contributed by atoms with Crippen molar-refractivity contribution in [1.29, 1.82) is 0 Å². The minimum atomic E-state index is -3.94. The molecule has 2 aromatic rings. The molecular formula is C21H27N3O6S. The summed E-state index contributed by atoms with van der Waals surface area (Å²) in [6, 6.07) is 9.16. The zero-order valence-corrected chi connectivity index (χ0v) is 19.0. The highest BCUT2D eigenvalue weighted by Gasteiger charge is 2.27. The summed E-state index contributed by atoms with van der Waals surface area (Å²) in [4.78, 5) is 23.3. The highest BCUT2D eigenvalue weighted by atomic mass is 32.2. The second-order valence-electron chi connectivity index (χ2n) is 7.25. The lowest BCUT2D eigenvalue weighted by Gasteiger charge is -2.25. The number of rotatable bonds is 9. The number of nitro benzene ring substituents is 1. The number of methoxy groups -OCH3 is 1. The van der Waals surface area contributed by atoms with Crippen LogP contribution in [0.1, 0.15) is 36.1 Å². The van der Waals surface area contributed by atoms with Gasteiger partial charge in [-0.1, -0.05) is 25.1 Å². The highest BCUT2D eigenvalue weighted by molar-refractivity contribution is 7.92. The number of hydrogen-bond donors (Lipinski definition) is 1. The number of anilines is 1. The van der Waals surface area contributed by atoms with Crippen LogP contribution in [0.4, 0.5) is 11.4 Å². The Kier molecular flexibility index (Phi) is 7.61. The molecule has 168 valence electrons. The Morgan fingerprint density at radius 1 is 1.19 bits per heavy atom. The Hall–Kier alpha value is -3.14. The average molecular weight is 450 g/mol. The van der Waals surface area contributed by atoms with Crippen molar-refractivity contribution in [3.63, 3.8) is 0 Å². The van der Waals surface area contributed by atoms with Crippen LogP contribution in [-0.4, -0.2) is 39.2 Å². The number of benzene rings is 2. The van der Waals surface area contributed by atoms with E-state index in [0.29, 0.717) is 6.42 Å². The topological polar surface area (TPSA) is 119 Å². The first-order chi connectivity index (χ1) is 14.5. The minimum absolute atomic E-state index is 0.0754. The smallest absolute Gasteiger partial charge is 0.271 e. The van der Waals surface area contributed by atoms with Gasteiger partial charge in [0.15, 0.2) is 0 Å². The first-order valence-electron chi connectivity index (χ1n) is 9.64. The Balaban J connectivity index is 2.35. The number of sulfonamides is 1. The molecule has 1 unspecified atom stereocenters. The maximum absolute atomic E-state index is 12.8. The van der Waals surface area contributed by atoms with Crippen molar-refractivity contribution in [2.45, 2.75) is 33.2 Å². The molecule has 0 radical (unpaired) electrons. The van der Waals surface area contributed by atoms with E-state index in [1.54, 1.807) is 0 Å². The Bertz CT molecular complexity index is 1080. The number of carbonyl (C=O) groups excluding carboxylic acids is 1. The summed E-state index contributed by atoms with van der Waals surface area (Å²) in [7, 11) is -2.62. The average Bonchev–Trinajstić information content (AvgIpc) is 2.71. The van der Waals surface area contributed by atoms with E-state index in [9.17, 15) is 23.3 Å². The van der Waals surface area contributed by atoms with Gasteiger partial charge in [-0.15, -0.1) is 0 Å². The molecule has 0 saturated heterocycles. The van der Waals surface area contributed by atoms with Crippen LogP contribution >= 0.6 is 0 Å². The predicted octanol–water partition coefficient (Wildman–Crippen LogP) is 3.25. The second kappa shape index (κ2) is 9.78. The molecule has 9 nitrogen and oxygen atoms in total. The van der Waals surface area contributed by atoms with Crippen molar-refractivity contribution in [3.8, 4) is 5.75 Å². The number of ether oxygens (including phenoxy) is 1. The molecule has 0 aliphatic heterocycles. The lowest BCUT2D eigenvalue weighted by Crippen LogP contribution is -2.41. The van der Waals surface area contributed by atoms with E-state index in [1.807, 2.05) is 39.0 Å². The molecule has 31 heavy (non-hydrogen) atoms. The largest absolute Gasteiger partial charge is 0.495 e. The fourth-order valence-electron chi connectivity index (χ4n) is 3.14. The number of amides is 1. The SMILES string of the molecule is CCC(NC(=O)CN(c1cc([N+](=O)[O-])ccc1OC)S(C)(=O)=O)c1ccc(C)c(C)c1. The quantitative estimate of drug-likeness (QED) is 0.464. The zero-order chi connectivity index (χ0) is 23.3. The van der Waals surface area contributed by atoms with Crippen molar-refractivity contribution in [2.75, 3.05) is 24.2 Å². The summed E-state index contributed by atoms with van der Waals surface area (Å²) in [6.45, 7) is 5.35. The van der Waals surface area contributed by atoms with Gasteiger partial charge in [0.05, 0.1) is 24.3 Å². The Morgan fingerprint density at radius 3 is 2.39 bits per heavy atom. The van der Waals surface area contributed by atoms with Crippen LogP contribution in [0, 0.1) is 24.0 Å². The Labute approximate surface area is 182 Å². The summed E-state index contributed by atoms with van der Waals surface area (Å²) in [5.74, 6) is -0.436. The van der Waals surface area contributed by atoms with Gasteiger partial charge < -0.3 is 10.1 Å². The van der Waals surface area contributed by atoms with E-state index >= 15 is 0 Å². The monoisotopic (exact) mass is 449 g/mol. The normalized spacial score (nSPS) is 12.2. The lowest BCUT2D eigenvalue weighted by molar-refractivity contribution is -0.384. The van der Waals surface area contributed by atoms with Gasteiger partial charge in [-0.25, -0.2) is 8.42 Å². The van der Waals surface area contributed by atoms with Gasteiger partial charge >= 0.3 is 0 Å². The van der Waals surface area contributed by atoms with E-state index in [2.05, 4.69) is 5.32 Å². The number of nitro groups is 1. The fraction of sp³-hybridized carbons (Fsp3) is 0.381. The summed E-state index contributed by atoms with van der Waals surface area (Å²) in [6.07, 6.45) is 1.53. The number of nitrogens with one attached hydrogen (secondary N) is 1. The number of non-ortho nitro benzene ring substituents is 1. The van der Waals surface area contributed by atoms with Gasteiger partial charge in [-0.05, 0) is 43.0 Å². The molecule has 0 saturated carbocycles. The van der Waals surface area contributed by atoms with Crippen LogP contribution in [0.15, 0.2) is 36.4 Å². The molecule has 2 rings (SSSR count). The zero-order valence-electron chi connectivity index (χ0n) is 18.2. The van der Waals surface area contributed by atoms with E-state index in [0.717, 1.165) is 33.3 Å². The highest BCUT2D eigenvalue weighted by Crippen LogP contribution is 2.33. The van der Waals surface area contributed by atoms with Crippen LogP contribution in [0.3, 0.4) is 0 Å². The van der Waals surface area contributed by atoms with Crippen molar-refractivity contribution in [2.24, 2.45) is 0 Å². The van der Waals surface area contributed by atoms with Gasteiger partial charge in [-0.2, -0.15) is 0 Å². The lowest BCUT2D eigenvalue weighted by atomic mass is 9.99. The van der Waals surface area contributed by atoms with Gasteiger partial charge in [0.2, 0.25) is 15.9 Å². The van der Waals surface area contributed by atoms with Gasteiger partial charge in [0.25, 0.3) is 5.69 Å². The third kappa shape index (κ3) is 5.94. The number of hydrogen-bond acceptors (Lipinski definition) is 6. The molecule has 0 aliphatic rings. The summed E-state index contributed by atoms with van der Waals surface area (Å²) in [5, 5.41) is 14.0. The molecule has 0 spiro atoms. The molecule has 1 atom stereocenters. The maximum Gasteiger partial charge on any atom is 0.271 e. The van der Waals surface area contributed by atoms with Crippen molar-refractivity contribution in [1.82, 2.24) is 5.32 Å². The molecule has 0 aromatic heterocycles. The third-order valence-corrected chi connectivity index (χ3v) is 6.13. The number of carbonyl (C=O) groups is 1. The summed E-state index contributed by atoms with van der Waals surface area (Å²) < 4.78 is 30.9. The molecule has 10 heteroatoms. The Morgan fingerprint density at radius 2 is 1.87 bits per heavy atom. The fourth-order valence-corrected chi connectivity index (χ4v) is 3.99. The molecule has 0 fully saturated rings. The summed E-state index contributed by atoms with van der Waals surface area (Å²) >= 11 is 0. The van der Waals surface area contributed by atoms with Crippen LogP contribution < -0.4 is 14.4 Å². The van der Waals surface area contributed by atoms with E-state index < -0.39 is 27.4 Å². The van der Waals surface area contributed by atoms with Gasteiger partial charge in [-0.3, -0.25) is 19.2 Å². The molecule has 2 aromatic carbocycles. The van der Waals surface area contributed by atoms with Crippen molar-refractivity contribution >= 4 is 27.3 Å². The first kappa shape index (κ1) is 24.1. The maximum atomic E-state index is 12.8. The minimum Gasteiger partial charge on any atom is -0.495 e. The van der Waals surface area contributed by atoms with Crippen molar-refractivity contribution < 1.29 is 22.9 Å². The standard InChI is InChI=1S/C21H27N3O6S/c1-6-18(16-8-7-14(2)15(3)11-16)22-21(25)13-23(31(5,28)29)19-12-17(24(26)27)9-10-20(19)30-4/h7-12,18H,6,13H2,1-5H3,(H,22,25). The number of nitrogens with zero attached hydrogens (tertiary/aromatic N) is 2. The molecule has 1 amide bonds. The van der Waals surface area contributed by atoms with Gasteiger partial charge in [0, 0.05) is 12.1 Å². The molecule has 1 N–H and O–H groups in total. The van der Waals surface area contributed by atoms with Crippen LogP contribution in [0.5, 0.6) is 5.75 Å². The molecule has 0 aliphatic carbocycles. The first-order valence-corrected chi connectivity index (χ1v) is 11.5. The van der Waals surface area contributed by atoms with Crippen LogP contribution in [0.2, 0.25) is 0 Å². The van der Waals surface area contributed by atoms with E-state index in [4.69, 9.17) is 4.74 Å². The van der Waals surface area contributed by atoms with Crippen molar-refractivity contribution in [3.05, 3.63) is 63.2 Å². The molecule has 0 bridgehead atoms. The van der Waals surface area contributed by atoms with E-state index in [-0.39, 0.29) is 23.2 Å². The molecule has 0 heterocycles. The van der Waals surface area contributed by atoms with Crippen LogP contribution in [-0.2, 0) is 14.8 Å². The third-order valence-electron chi connectivity index (χ3n) is 5.01. The predicted molar refractivity (Wildman–Crippen MR) is 119 cm³/mol. The van der Waals surface area contributed by atoms with Gasteiger partial charge in [0.1, 0.15) is 18.0 Å². The second-order valence-corrected chi connectivity index (χ2v) is 9.16. The molecular weight excluding hydrogens is 422 g/mol. The summed E-state index contributed by atoms with van der Waals surface area (Å²) in [5.41, 5.74) is 2.74. The van der Waals surface area contributed by atoms with Crippen LogP contribution in [0.25, 0.3) is 0 Å². The van der Waals surface area contributed by atoms with E-state index in [1.165, 1.54) is 19.2 Å².